The number of rotatable bonds is 6. The van der Waals surface area contributed by atoms with E-state index in [0.29, 0.717) is 11.5 Å². The molecule has 0 atom stereocenters. The zero-order valence-corrected chi connectivity index (χ0v) is 36.4. The third kappa shape index (κ3) is 9.11. The fourth-order valence-corrected chi connectivity index (χ4v) is 9.54. The Morgan fingerprint density at radius 1 is 0.849 bits per heavy atom. The van der Waals surface area contributed by atoms with E-state index in [2.05, 4.69) is 151 Å². The maximum Gasteiger partial charge on any atom is 0.0799 e. The number of thiophene rings is 1. The molecule has 0 unspecified atom stereocenters. The summed E-state index contributed by atoms with van der Waals surface area (Å²) in [5.41, 5.74) is 11.2. The summed E-state index contributed by atoms with van der Waals surface area (Å²) in [5.74, 6) is 0.534. The van der Waals surface area contributed by atoms with Crippen LogP contribution in [0.15, 0.2) is 103 Å². The summed E-state index contributed by atoms with van der Waals surface area (Å²) in [7, 11) is -1.34. The van der Waals surface area contributed by atoms with Crippen LogP contribution in [0.4, 0.5) is 0 Å². The number of aromatic nitrogens is 2. The first-order valence-electron chi connectivity index (χ1n) is 18.0. The zero-order valence-electron chi connectivity index (χ0n) is 32.2. The normalized spacial score (nSPS) is 11.6. The predicted octanol–water partition coefficient (Wildman–Crippen LogP) is 12.6. The van der Waals surface area contributed by atoms with Crippen molar-refractivity contribution in [3.63, 3.8) is 0 Å². The number of aryl methyl sites for hydroxylation is 1. The number of hydrogen-bond acceptors (Lipinski definition) is 4. The molecule has 0 amide bonds. The van der Waals surface area contributed by atoms with E-state index in [9.17, 15) is 5.26 Å². The van der Waals surface area contributed by atoms with Crippen LogP contribution in [-0.2, 0) is 26.5 Å². The number of fused-ring (bicyclic) bond motifs is 3. The Morgan fingerprint density at radius 3 is 2.21 bits per heavy atom. The molecule has 0 spiro atoms. The molecule has 1 radical (unpaired) electrons. The number of nitrogens with zero attached hydrogens (tertiary/aromatic N) is 3. The van der Waals surface area contributed by atoms with Crippen molar-refractivity contribution in [1.29, 1.82) is 5.26 Å². The van der Waals surface area contributed by atoms with Gasteiger partial charge in [-0.05, 0) is 85.7 Å². The topological polar surface area (TPSA) is 49.6 Å². The fourth-order valence-electron chi connectivity index (χ4n) is 6.65. The van der Waals surface area contributed by atoms with E-state index in [1.165, 1.54) is 32.1 Å². The smallest absolute Gasteiger partial charge is 0.0799 e. The van der Waals surface area contributed by atoms with Gasteiger partial charge in [-0.3, -0.25) is 0 Å². The minimum Gasteiger partial charge on any atom is -0.305 e. The maximum absolute atomic E-state index is 9.89. The van der Waals surface area contributed by atoms with Crippen molar-refractivity contribution >= 4 is 44.8 Å². The Balaban J connectivity index is 0.000000232. The van der Waals surface area contributed by atoms with Gasteiger partial charge in [0.2, 0.25) is 0 Å². The quantitative estimate of drug-likeness (QED) is 0.123. The van der Waals surface area contributed by atoms with Crippen LogP contribution in [0.2, 0.25) is 19.6 Å². The van der Waals surface area contributed by atoms with E-state index in [1.807, 2.05) is 36.5 Å². The molecule has 7 rings (SSSR count). The third-order valence-electron chi connectivity index (χ3n) is 9.32. The maximum atomic E-state index is 9.89. The minimum atomic E-state index is -1.34. The molecular weight excluding hydrogens is 859 g/mol. The largest absolute Gasteiger partial charge is 0.305 e. The molecule has 0 saturated heterocycles. The Morgan fingerprint density at radius 2 is 1.57 bits per heavy atom. The van der Waals surface area contributed by atoms with E-state index in [4.69, 9.17) is 4.98 Å². The van der Waals surface area contributed by atoms with Crippen molar-refractivity contribution in [3.05, 3.63) is 138 Å². The van der Waals surface area contributed by atoms with E-state index in [1.54, 1.807) is 11.3 Å². The standard InChI is InChI=1S/C30H25N2S.C17H22NSi.Ir/c1-19-18-32-26(15-23(19)16-30(2,3)4)24-12-10-22(17-31)28-25-14-21(20-8-6-5-7-9-20)11-13-27(25)33-29(24)28;1-13(2)15-11-16(14-9-7-6-8-10-14)18-12-17(15)19(3,4)5;/h5-11,13-15,18H,16H2,1-4H3;6-9,11-13H,1-5H3;/q2*-1;. The van der Waals surface area contributed by atoms with Crippen molar-refractivity contribution in [2.75, 3.05) is 0 Å². The van der Waals surface area contributed by atoms with Crippen LogP contribution in [0.1, 0.15) is 62.8 Å². The summed E-state index contributed by atoms with van der Waals surface area (Å²) in [6.45, 7) is 20.6. The van der Waals surface area contributed by atoms with Crippen molar-refractivity contribution in [3.8, 4) is 39.7 Å². The van der Waals surface area contributed by atoms with Crippen LogP contribution >= 0.6 is 11.3 Å². The van der Waals surface area contributed by atoms with Gasteiger partial charge in [0.15, 0.2) is 0 Å². The zero-order chi connectivity index (χ0) is 37.2. The molecule has 0 fully saturated rings. The summed E-state index contributed by atoms with van der Waals surface area (Å²) in [4.78, 5) is 9.43. The number of nitriles is 1. The summed E-state index contributed by atoms with van der Waals surface area (Å²) >= 11 is 1.72. The Hall–Kier alpha value is -4.24. The van der Waals surface area contributed by atoms with Gasteiger partial charge in [0.05, 0.1) is 8.07 Å². The molecule has 53 heavy (non-hydrogen) atoms. The third-order valence-corrected chi connectivity index (χ3v) is 12.5. The van der Waals surface area contributed by atoms with E-state index < -0.39 is 8.07 Å². The first kappa shape index (κ1) is 40.0. The molecule has 271 valence electrons. The van der Waals surface area contributed by atoms with Crippen LogP contribution < -0.4 is 5.19 Å². The molecule has 0 aliphatic carbocycles. The van der Waals surface area contributed by atoms with E-state index >= 15 is 0 Å². The van der Waals surface area contributed by atoms with Gasteiger partial charge in [0, 0.05) is 43.3 Å². The van der Waals surface area contributed by atoms with Crippen LogP contribution in [0.25, 0.3) is 53.8 Å². The van der Waals surface area contributed by atoms with Gasteiger partial charge in [-0.1, -0.05) is 119 Å². The fraction of sp³-hybridized carbons (Fsp3) is 0.255. The molecular formula is C47H47IrN3SSi-2. The molecule has 3 nitrogen and oxygen atoms in total. The van der Waals surface area contributed by atoms with Crippen LogP contribution in [0.3, 0.4) is 0 Å². The average molecular weight is 906 g/mol. The van der Waals surface area contributed by atoms with E-state index in [0.717, 1.165) is 50.0 Å². The van der Waals surface area contributed by atoms with Crippen molar-refractivity contribution < 1.29 is 20.1 Å². The second kappa shape index (κ2) is 16.4. The minimum absolute atomic E-state index is 0. The molecule has 4 aromatic carbocycles. The van der Waals surface area contributed by atoms with Gasteiger partial charge in [-0.2, -0.15) is 11.3 Å². The molecule has 3 aromatic heterocycles. The predicted molar refractivity (Wildman–Crippen MR) is 225 cm³/mol. The molecule has 0 bridgehead atoms. The van der Waals surface area contributed by atoms with Gasteiger partial charge >= 0.3 is 0 Å². The SMILES string of the molecule is CC(C)c1cc(-c2[c-]cccc2)ncc1[Si](C)(C)C.Cc1cnc(-c2[c-]cc(C#N)c3c2sc2ccc(-c4ccccc4)cc23)cc1CC(C)(C)C.[Ir]. The summed E-state index contributed by atoms with van der Waals surface area (Å²) in [6.07, 6.45) is 5.05. The van der Waals surface area contributed by atoms with Crippen molar-refractivity contribution in [1.82, 2.24) is 9.97 Å². The Bertz CT molecular complexity index is 2400. The second-order valence-corrected chi connectivity index (χ2v) is 22.2. The molecule has 6 heteroatoms. The molecule has 0 aliphatic rings. The van der Waals surface area contributed by atoms with Crippen LogP contribution in [0, 0.1) is 35.8 Å². The van der Waals surface area contributed by atoms with Gasteiger partial charge in [0.1, 0.15) is 0 Å². The monoisotopic (exact) mass is 906 g/mol. The second-order valence-electron chi connectivity index (χ2n) is 16.1. The van der Waals surface area contributed by atoms with Gasteiger partial charge < -0.3 is 9.97 Å². The van der Waals surface area contributed by atoms with Gasteiger partial charge in [0.25, 0.3) is 0 Å². The first-order chi connectivity index (χ1) is 24.7. The molecule has 0 N–H and O–H groups in total. The molecule has 7 aromatic rings. The summed E-state index contributed by atoms with van der Waals surface area (Å²) in [5, 5.41) is 13.5. The Kier molecular flexibility index (Phi) is 12.4. The molecule has 3 heterocycles. The average Bonchev–Trinajstić information content (AvgIpc) is 3.51. The van der Waals surface area contributed by atoms with Crippen molar-refractivity contribution in [2.45, 2.75) is 73.5 Å². The summed E-state index contributed by atoms with van der Waals surface area (Å²) in [6, 6.07) is 40.3. The number of pyridine rings is 2. The van der Waals surface area contributed by atoms with Gasteiger partial charge in [-0.25, -0.2) is 5.26 Å². The van der Waals surface area contributed by atoms with Gasteiger partial charge in [-0.15, -0.1) is 53.6 Å². The van der Waals surface area contributed by atoms with Crippen LogP contribution in [0.5, 0.6) is 0 Å². The molecule has 0 saturated carbocycles. The first-order valence-corrected chi connectivity index (χ1v) is 22.3. The number of benzene rings is 4. The Labute approximate surface area is 334 Å². The number of hydrogen-bond donors (Lipinski definition) is 0. The summed E-state index contributed by atoms with van der Waals surface area (Å²) < 4.78 is 2.25. The van der Waals surface area contributed by atoms with E-state index in [-0.39, 0.29) is 25.5 Å². The van der Waals surface area contributed by atoms with Crippen LogP contribution in [-0.4, -0.2) is 18.0 Å². The van der Waals surface area contributed by atoms with Crippen molar-refractivity contribution in [2.24, 2.45) is 5.41 Å². The molecule has 0 aliphatic heterocycles.